The Morgan fingerprint density at radius 3 is 2.48 bits per heavy atom. The van der Waals surface area contributed by atoms with Crippen molar-refractivity contribution in [1.82, 2.24) is 5.32 Å². The minimum absolute atomic E-state index is 0.305. The van der Waals surface area contributed by atoms with Crippen molar-refractivity contribution < 1.29 is 13.6 Å². The summed E-state index contributed by atoms with van der Waals surface area (Å²) in [5, 5.41) is 2.64. The zero-order valence-corrected chi connectivity index (χ0v) is 11.6. The van der Waals surface area contributed by atoms with Crippen molar-refractivity contribution in [2.24, 2.45) is 5.73 Å². The summed E-state index contributed by atoms with van der Waals surface area (Å²) >= 11 is 0. The van der Waals surface area contributed by atoms with Gasteiger partial charge >= 0.3 is 0 Å². The highest BCUT2D eigenvalue weighted by atomic mass is 19.1. The van der Waals surface area contributed by atoms with E-state index in [0.29, 0.717) is 6.54 Å². The van der Waals surface area contributed by atoms with Gasteiger partial charge in [-0.1, -0.05) is 24.3 Å². The van der Waals surface area contributed by atoms with E-state index in [0.717, 1.165) is 29.3 Å². The monoisotopic (exact) mass is 290 g/mol. The van der Waals surface area contributed by atoms with Crippen molar-refractivity contribution in [3.05, 3.63) is 70.8 Å². The molecule has 0 aromatic heterocycles. The summed E-state index contributed by atoms with van der Waals surface area (Å²) in [7, 11) is 0. The van der Waals surface area contributed by atoms with E-state index in [1.165, 1.54) is 0 Å². The lowest BCUT2D eigenvalue weighted by atomic mass is 10.1. The smallest absolute Gasteiger partial charge is 0.254 e. The number of halogens is 2. The molecule has 0 aliphatic rings. The van der Waals surface area contributed by atoms with Gasteiger partial charge in [0.05, 0.1) is 11.6 Å². The molecule has 2 rings (SSSR count). The summed E-state index contributed by atoms with van der Waals surface area (Å²) < 4.78 is 26.6. The molecule has 0 radical (unpaired) electrons. The fraction of sp³-hybridized carbons (Fsp3) is 0.188. The Kier molecular flexibility index (Phi) is 4.65. The predicted octanol–water partition coefficient (Wildman–Crippen LogP) is 2.91. The number of hydrogen-bond acceptors (Lipinski definition) is 2. The zero-order valence-electron chi connectivity index (χ0n) is 11.6. The van der Waals surface area contributed by atoms with Gasteiger partial charge in [-0.15, -0.1) is 0 Å². The Morgan fingerprint density at radius 2 is 1.86 bits per heavy atom. The summed E-state index contributed by atoms with van der Waals surface area (Å²) in [6.07, 6.45) is 0. The third-order valence-corrected chi connectivity index (χ3v) is 3.24. The summed E-state index contributed by atoms with van der Waals surface area (Å²) in [4.78, 5) is 12.0. The second kappa shape index (κ2) is 6.45. The van der Waals surface area contributed by atoms with Crippen molar-refractivity contribution in [2.45, 2.75) is 19.5 Å². The molecule has 0 aliphatic carbocycles. The quantitative estimate of drug-likeness (QED) is 0.909. The van der Waals surface area contributed by atoms with E-state index >= 15 is 0 Å². The van der Waals surface area contributed by atoms with Gasteiger partial charge < -0.3 is 11.1 Å². The second-order valence-electron chi connectivity index (χ2n) is 4.77. The summed E-state index contributed by atoms with van der Waals surface area (Å²) in [6, 6.07) is 9.87. The van der Waals surface area contributed by atoms with Gasteiger partial charge in [0.15, 0.2) is 0 Å². The third-order valence-electron chi connectivity index (χ3n) is 3.24. The van der Waals surface area contributed by atoms with Crippen LogP contribution in [0.1, 0.15) is 34.5 Å². The highest BCUT2D eigenvalue weighted by Gasteiger charge is 2.15. The Labute approximate surface area is 121 Å². The van der Waals surface area contributed by atoms with Crippen LogP contribution in [0, 0.1) is 11.6 Å². The average molecular weight is 290 g/mol. The first-order chi connectivity index (χ1) is 10.0. The van der Waals surface area contributed by atoms with Crippen molar-refractivity contribution in [1.29, 1.82) is 0 Å². The molecule has 21 heavy (non-hydrogen) atoms. The highest BCUT2D eigenvalue weighted by molar-refractivity contribution is 5.94. The maximum absolute atomic E-state index is 13.5. The number of carbonyl (C=O) groups is 1. The Balaban J connectivity index is 2.12. The van der Waals surface area contributed by atoms with Crippen molar-refractivity contribution in [3.8, 4) is 0 Å². The minimum Gasteiger partial charge on any atom is -0.345 e. The molecule has 0 bridgehead atoms. The maximum atomic E-state index is 13.5. The maximum Gasteiger partial charge on any atom is 0.254 e. The highest BCUT2D eigenvalue weighted by Crippen LogP contribution is 2.16. The Bertz CT molecular complexity index is 641. The predicted molar refractivity (Wildman–Crippen MR) is 76.6 cm³/mol. The lowest BCUT2D eigenvalue weighted by molar-refractivity contribution is 0.0935. The molecule has 0 saturated carbocycles. The molecule has 0 spiro atoms. The number of nitrogens with one attached hydrogen (secondary N) is 1. The SMILES string of the molecule is CC(NC(=O)c1cc(F)ccc1F)c1ccc(CN)cc1. The van der Waals surface area contributed by atoms with Crippen LogP contribution < -0.4 is 11.1 Å². The second-order valence-corrected chi connectivity index (χ2v) is 4.77. The van der Waals surface area contributed by atoms with Gasteiger partial charge in [0.1, 0.15) is 11.6 Å². The molecule has 1 atom stereocenters. The molecule has 1 unspecified atom stereocenters. The van der Waals surface area contributed by atoms with E-state index in [9.17, 15) is 13.6 Å². The number of carbonyl (C=O) groups excluding carboxylic acids is 1. The molecule has 1 amide bonds. The first-order valence-electron chi connectivity index (χ1n) is 6.56. The van der Waals surface area contributed by atoms with Gasteiger partial charge in [0.25, 0.3) is 5.91 Å². The van der Waals surface area contributed by atoms with Gasteiger partial charge in [-0.25, -0.2) is 8.78 Å². The number of amides is 1. The van der Waals surface area contributed by atoms with Crippen LogP contribution in [0.2, 0.25) is 0 Å². The summed E-state index contributed by atoms with van der Waals surface area (Å²) in [5.41, 5.74) is 7.05. The third kappa shape index (κ3) is 3.64. The molecule has 0 heterocycles. The molecule has 0 aliphatic heterocycles. The van der Waals surface area contributed by atoms with Crippen LogP contribution in [0.15, 0.2) is 42.5 Å². The van der Waals surface area contributed by atoms with Gasteiger partial charge in [0.2, 0.25) is 0 Å². The fourth-order valence-corrected chi connectivity index (χ4v) is 1.97. The molecular weight excluding hydrogens is 274 g/mol. The van der Waals surface area contributed by atoms with Crippen LogP contribution >= 0.6 is 0 Å². The normalized spacial score (nSPS) is 12.0. The fourth-order valence-electron chi connectivity index (χ4n) is 1.97. The van der Waals surface area contributed by atoms with Crippen molar-refractivity contribution in [3.63, 3.8) is 0 Å². The topological polar surface area (TPSA) is 55.1 Å². The first-order valence-corrected chi connectivity index (χ1v) is 6.56. The van der Waals surface area contributed by atoms with E-state index in [1.807, 2.05) is 24.3 Å². The van der Waals surface area contributed by atoms with Crippen LogP contribution in [0.3, 0.4) is 0 Å². The van der Waals surface area contributed by atoms with Gasteiger partial charge in [-0.3, -0.25) is 4.79 Å². The first kappa shape index (κ1) is 15.1. The van der Waals surface area contributed by atoms with Gasteiger partial charge in [-0.05, 0) is 36.2 Å². The molecule has 0 saturated heterocycles. The van der Waals surface area contributed by atoms with Gasteiger partial charge in [-0.2, -0.15) is 0 Å². The van der Waals surface area contributed by atoms with Gasteiger partial charge in [0, 0.05) is 6.54 Å². The number of rotatable bonds is 4. The molecular formula is C16H16F2N2O. The van der Waals surface area contributed by atoms with E-state index in [2.05, 4.69) is 5.32 Å². The van der Waals surface area contributed by atoms with E-state index < -0.39 is 17.5 Å². The number of hydrogen-bond donors (Lipinski definition) is 2. The summed E-state index contributed by atoms with van der Waals surface area (Å²) in [5.74, 6) is -2.05. The molecule has 0 fully saturated rings. The zero-order chi connectivity index (χ0) is 15.4. The molecule has 5 heteroatoms. The lowest BCUT2D eigenvalue weighted by Crippen LogP contribution is -2.27. The molecule has 3 N–H and O–H groups in total. The van der Waals surface area contributed by atoms with E-state index in [1.54, 1.807) is 6.92 Å². The van der Waals surface area contributed by atoms with Crippen LogP contribution in [0.4, 0.5) is 8.78 Å². The molecule has 110 valence electrons. The van der Waals surface area contributed by atoms with E-state index in [-0.39, 0.29) is 11.6 Å². The number of nitrogens with two attached hydrogens (primary N) is 1. The largest absolute Gasteiger partial charge is 0.345 e. The molecule has 3 nitrogen and oxygen atoms in total. The van der Waals surface area contributed by atoms with Crippen molar-refractivity contribution in [2.75, 3.05) is 0 Å². The molecule has 2 aromatic rings. The van der Waals surface area contributed by atoms with Crippen LogP contribution in [-0.4, -0.2) is 5.91 Å². The minimum atomic E-state index is -0.750. The standard InChI is InChI=1S/C16H16F2N2O/c1-10(12-4-2-11(9-19)3-5-12)20-16(21)14-8-13(17)6-7-15(14)18/h2-8,10H,9,19H2,1H3,(H,20,21). The lowest BCUT2D eigenvalue weighted by Gasteiger charge is -2.15. The molecule has 2 aromatic carbocycles. The summed E-state index contributed by atoms with van der Waals surface area (Å²) in [6.45, 7) is 2.21. The van der Waals surface area contributed by atoms with Crippen LogP contribution in [0.5, 0.6) is 0 Å². The van der Waals surface area contributed by atoms with Crippen LogP contribution in [0.25, 0.3) is 0 Å². The van der Waals surface area contributed by atoms with Crippen LogP contribution in [-0.2, 0) is 6.54 Å². The Hall–Kier alpha value is -2.27. The number of benzene rings is 2. The Morgan fingerprint density at radius 1 is 1.19 bits per heavy atom. The van der Waals surface area contributed by atoms with E-state index in [4.69, 9.17) is 5.73 Å². The van der Waals surface area contributed by atoms with Crippen molar-refractivity contribution >= 4 is 5.91 Å². The average Bonchev–Trinajstić information content (AvgIpc) is 2.49.